The topological polar surface area (TPSA) is 45.7 Å². The monoisotopic (exact) mass is 415 g/mol. The van der Waals surface area contributed by atoms with Crippen LogP contribution in [0, 0.1) is 6.92 Å². The minimum atomic E-state index is -0.290. The van der Waals surface area contributed by atoms with Gasteiger partial charge in [-0.25, -0.2) is 4.98 Å². The number of ether oxygens (including phenoxy) is 1. The number of esters is 1. The van der Waals surface area contributed by atoms with Gasteiger partial charge in [-0.3, -0.25) is 9.69 Å². The molecule has 1 aromatic heterocycles. The van der Waals surface area contributed by atoms with E-state index in [-0.39, 0.29) is 5.97 Å². The summed E-state index contributed by atoms with van der Waals surface area (Å²) in [4.78, 5) is 20.8. The average Bonchev–Trinajstić information content (AvgIpc) is 3.04. The molecule has 5 nitrogen and oxygen atoms in total. The number of carbonyl (C=O) groups is 1. The fourth-order valence-corrected chi connectivity index (χ4v) is 4.81. The number of aromatic nitrogens is 1. The summed E-state index contributed by atoms with van der Waals surface area (Å²) in [5.74, 6) is 0.330. The molecule has 0 spiro atoms. The van der Waals surface area contributed by atoms with E-state index in [0.29, 0.717) is 5.75 Å². The molecule has 0 saturated carbocycles. The highest BCUT2D eigenvalue weighted by Crippen LogP contribution is 2.31. The fraction of sp³-hybridized carbons (Fsp3) is 0.333. The largest absolute Gasteiger partial charge is 0.427 e. The molecular formula is C21H22ClN3O2S. The third-order valence-corrected chi connectivity index (χ3v) is 6.07. The number of benzene rings is 2. The summed E-state index contributed by atoms with van der Waals surface area (Å²) in [7, 11) is 0. The highest BCUT2D eigenvalue weighted by molar-refractivity contribution is 7.22. The highest BCUT2D eigenvalue weighted by Gasteiger charge is 2.20. The lowest BCUT2D eigenvalue weighted by atomic mass is 10.1. The van der Waals surface area contributed by atoms with Crippen molar-refractivity contribution in [1.29, 1.82) is 0 Å². The van der Waals surface area contributed by atoms with E-state index < -0.39 is 0 Å². The standard InChI is InChI=1S/C21H22ClN3O2S/c1-14-9-16(11-18(10-14)27-15(2)26)13-24-5-7-25(8-6-24)21-23-19-4-3-17(22)12-20(19)28-21/h3-4,9-12H,5-8,13H2,1-2H3. The molecule has 0 aliphatic carbocycles. The van der Waals surface area contributed by atoms with Gasteiger partial charge >= 0.3 is 5.97 Å². The second-order valence-electron chi connectivity index (χ2n) is 7.12. The normalized spacial score (nSPS) is 15.2. The molecule has 0 N–H and O–H groups in total. The Morgan fingerprint density at radius 2 is 1.96 bits per heavy atom. The smallest absolute Gasteiger partial charge is 0.308 e. The number of hydrogen-bond donors (Lipinski definition) is 0. The molecule has 7 heteroatoms. The molecular weight excluding hydrogens is 394 g/mol. The first-order valence-electron chi connectivity index (χ1n) is 9.29. The summed E-state index contributed by atoms with van der Waals surface area (Å²) in [6.07, 6.45) is 0. The predicted molar refractivity (Wildman–Crippen MR) is 115 cm³/mol. The number of piperazine rings is 1. The van der Waals surface area contributed by atoms with E-state index in [1.165, 1.54) is 12.5 Å². The Labute approximate surface area is 173 Å². The molecule has 0 radical (unpaired) electrons. The van der Waals surface area contributed by atoms with Crippen LogP contribution in [0.3, 0.4) is 0 Å². The van der Waals surface area contributed by atoms with Gasteiger partial charge in [0, 0.05) is 44.7 Å². The molecule has 2 aromatic carbocycles. The van der Waals surface area contributed by atoms with Gasteiger partial charge in [-0.15, -0.1) is 0 Å². The Kier molecular flexibility index (Phi) is 5.53. The zero-order valence-electron chi connectivity index (χ0n) is 15.9. The number of carbonyl (C=O) groups excluding carboxylic acids is 1. The fourth-order valence-electron chi connectivity index (χ4n) is 3.52. The van der Waals surface area contributed by atoms with Crippen LogP contribution in [0.25, 0.3) is 10.2 Å². The number of thiazole rings is 1. The molecule has 146 valence electrons. The summed E-state index contributed by atoms with van der Waals surface area (Å²) in [5, 5.41) is 1.81. The van der Waals surface area contributed by atoms with Gasteiger partial charge in [-0.2, -0.15) is 0 Å². The Bertz CT molecular complexity index is 1010. The molecule has 4 rings (SSSR count). The van der Waals surface area contributed by atoms with Crippen LogP contribution in [0.5, 0.6) is 5.75 Å². The van der Waals surface area contributed by atoms with E-state index in [1.807, 2.05) is 37.3 Å². The summed E-state index contributed by atoms with van der Waals surface area (Å²) < 4.78 is 6.38. The van der Waals surface area contributed by atoms with Crippen LogP contribution in [-0.4, -0.2) is 42.0 Å². The zero-order chi connectivity index (χ0) is 19.7. The van der Waals surface area contributed by atoms with E-state index in [0.717, 1.165) is 58.7 Å². The van der Waals surface area contributed by atoms with Gasteiger partial charge in [0.05, 0.1) is 10.2 Å². The number of aryl methyl sites for hydroxylation is 1. The maximum atomic E-state index is 11.2. The van der Waals surface area contributed by atoms with E-state index in [4.69, 9.17) is 21.3 Å². The molecule has 1 fully saturated rings. The van der Waals surface area contributed by atoms with Crippen molar-refractivity contribution in [2.24, 2.45) is 0 Å². The van der Waals surface area contributed by atoms with Crippen molar-refractivity contribution in [2.75, 3.05) is 31.1 Å². The van der Waals surface area contributed by atoms with E-state index in [2.05, 4.69) is 15.9 Å². The van der Waals surface area contributed by atoms with Crippen molar-refractivity contribution < 1.29 is 9.53 Å². The second kappa shape index (κ2) is 8.07. The zero-order valence-corrected chi connectivity index (χ0v) is 17.5. The third kappa shape index (κ3) is 4.46. The average molecular weight is 416 g/mol. The number of fused-ring (bicyclic) bond motifs is 1. The van der Waals surface area contributed by atoms with E-state index in [9.17, 15) is 4.79 Å². The quantitative estimate of drug-likeness (QED) is 0.463. The predicted octanol–water partition coefficient (Wildman–Crippen LogP) is 4.51. The summed E-state index contributed by atoms with van der Waals surface area (Å²) in [6.45, 7) is 8.11. The molecule has 0 amide bonds. The maximum Gasteiger partial charge on any atom is 0.308 e. The molecule has 0 bridgehead atoms. The van der Waals surface area contributed by atoms with Crippen molar-refractivity contribution in [1.82, 2.24) is 9.88 Å². The van der Waals surface area contributed by atoms with Gasteiger partial charge in [-0.05, 0) is 48.4 Å². The van der Waals surface area contributed by atoms with Crippen LogP contribution in [0.4, 0.5) is 5.13 Å². The van der Waals surface area contributed by atoms with Crippen LogP contribution in [0.1, 0.15) is 18.1 Å². The molecule has 2 heterocycles. The minimum absolute atomic E-state index is 0.290. The lowest BCUT2D eigenvalue weighted by Gasteiger charge is -2.34. The molecule has 1 aliphatic heterocycles. The van der Waals surface area contributed by atoms with E-state index >= 15 is 0 Å². The van der Waals surface area contributed by atoms with Crippen molar-refractivity contribution >= 4 is 44.3 Å². The molecule has 1 saturated heterocycles. The first-order chi connectivity index (χ1) is 13.5. The highest BCUT2D eigenvalue weighted by atomic mass is 35.5. The Morgan fingerprint density at radius 3 is 2.71 bits per heavy atom. The summed E-state index contributed by atoms with van der Waals surface area (Å²) >= 11 is 7.79. The van der Waals surface area contributed by atoms with Crippen molar-refractivity contribution in [3.8, 4) is 5.75 Å². The number of hydrogen-bond acceptors (Lipinski definition) is 6. The minimum Gasteiger partial charge on any atom is -0.427 e. The van der Waals surface area contributed by atoms with Crippen LogP contribution in [0.15, 0.2) is 36.4 Å². The van der Waals surface area contributed by atoms with Crippen LogP contribution >= 0.6 is 22.9 Å². The molecule has 28 heavy (non-hydrogen) atoms. The number of nitrogens with zero attached hydrogens (tertiary/aromatic N) is 3. The molecule has 3 aromatic rings. The number of rotatable bonds is 4. The summed E-state index contributed by atoms with van der Waals surface area (Å²) in [6, 6.07) is 11.8. The Balaban J connectivity index is 1.40. The van der Waals surface area contributed by atoms with Gasteiger partial charge in [0.1, 0.15) is 5.75 Å². The summed E-state index contributed by atoms with van der Waals surface area (Å²) in [5.41, 5.74) is 3.27. The first kappa shape index (κ1) is 19.2. The van der Waals surface area contributed by atoms with Crippen molar-refractivity contribution in [3.63, 3.8) is 0 Å². The van der Waals surface area contributed by atoms with Crippen LogP contribution in [-0.2, 0) is 11.3 Å². The van der Waals surface area contributed by atoms with E-state index in [1.54, 1.807) is 11.3 Å². The SMILES string of the molecule is CC(=O)Oc1cc(C)cc(CN2CCN(c3nc4ccc(Cl)cc4s3)CC2)c1. The second-order valence-corrected chi connectivity index (χ2v) is 8.57. The lowest BCUT2D eigenvalue weighted by Crippen LogP contribution is -2.45. The van der Waals surface area contributed by atoms with Crippen molar-refractivity contribution in [2.45, 2.75) is 20.4 Å². The van der Waals surface area contributed by atoms with Gasteiger partial charge in [-0.1, -0.05) is 29.0 Å². The van der Waals surface area contributed by atoms with Gasteiger partial charge in [0.2, 0.25) is 0 Å². The number of anilines is 1. The lowest BCUT2D eigenvalue weighted by molar-refractivity contribution is -0.131. The molecule has 0 unspecified atom stereocenters. The van der Waals surface area contributed by atoms with Crippen LogP contribution < -0.4 is 9.64 Å². The Hall–Kier alpha value is -2.15. The Morgan fingerprint density at radius 1 is 1.18 bits per heavy atom. The van der Waals surface area contributed by atoms with Gasteiger partial charge < -0.3 is 9.64 Å². The van der Waals surface area contributed by atoms with Crippen LogP contribution in [0.2, 0.25) is 5.02 Å². The maximum absolute atomic E-state index is 11.2. The number of halogens is 1. The van der Waals surface area contributed by atoms with Gasteiger partial charge in [0.15, 0.2) is 5.13 Å². The third-order valence-electron chi connectivity index (χ3n) is 4.76. The molecule has 0 atom stereocenters. The molecule has 1 aliphatic rings. The van der Waals surface area contributed by atoms with Gasteiger partial charge in [0.25, 0.3) is 0 Å². The first-order valence-corrected chi connectivity index (χ1v) is 10.5. The van der Waals surface area contributed by atoms with Crippen molar-refractivity contribution in [3.05, 3.63) is 52.5 Å².